The maximum absolute atomic E-state index is 12.5. The van der Waals surface area contributed by atoms with Crippen LogP contribution in [0.2, 0.25) is 0 Å². The summed E-state index contributed by atoms with van der Waals surface area (Å²) in [6.45, 7) is 0.664. The van der Waals surface area contributed by atoms with Gasteiger partial charge in [-0.15, -0.1) is 0 Å². The van der Waals surface area contributed by atoms with Crippen LogP contribution in [0.15, 0.2) is 59.5 Å². The maximum Gasteiger partial charge on any atom is 0.251 e. The first-order chi connectivity index (χ1) is 11.3. The second-order valence-electron chi connectivity index (χ2n) is 6.00. The molecule has 1 atom stereocenters. The Morgan fingerprint density at radius 1 is 1.04 bits per heavy atom. The number of nitrogens with one attached hydrogen (secondary N) is 1. The summed E-state index contributed by atoms with van der Waals surface area (Å²) in [6.07, 6.45) is 1.14. The lowest BCUT2D eigenvalue weighted by Gasteiger charge is -2.23. The van der Waals surface area contributed by atoms with Crippen LogP contribution in [-0.4, -0.2) is 46.1 Å². The summed E-state index contributed by atoms with van der Waals surface area (Å²) in [4.78, 5) is 14.7. The van der Waals surface area contributed by atoms with Gasteiger partial charge >= 0.3 is 0 Å². The lowest BCUT2D eigenvalue weighted by atomic mass is 10.1. The van der Waals surface area contributed by atoms with Gasteiger partial charge in [0.05, 0.1) is 10.9 Å². The fourth-order valence-electron chi connectivity index (χ4n) is 2.38. The van der Waals surface area contributed by atoms with Gasteiger partial charge in [0.15, 0.2) is 9.84 Å². The van der Waals surface area contributed by atoms with Gasteiger partial charge < -0.3 is 10.2 Å². The summed E-state index contributed by atoms with van der Waals surface area (Å²) >= 11 is 0. The SMILES string of the molecule is CN(C)C[C@H](NC(=O)c1ccc(S(C)(=O)=O)cc1)c1ccccc1. The van der Waals surface area contributed by atoms with Crippen molar-refractivity contribution in [3.63, 3.8) is 0 Å². The summed E-state index contributed by atoms with van der Waals surface area (Å²) in [5, 5.41) is 3.01. The average molecular weight is 346 g/mol. The molecule has 0 heterocycles. The first-order valence-corrected chi connectivity index (χ1v) is 9.47. The molecule has 2 aromatic rings. The smallest absolute Gasteiger partial charge is 0.251 e. The topological polar surface area (TPSA) is 66.5 Å². The molecule has 1 amide bonds. The molecule has 128 valence electrons. The Labute approximate surface area is 143 Å². The van der Waals surface area contributed by atoms with Crippen molar-refractivity contribution in [2.75, 3.05) is 26.9 Å². The Hall–Kier alpha value is -2.18. The zero-order chi connectivity index (χ0) is 17.7. The van der Waals surface area contributed by atoms with Crippen LogP contribution < -0.4 is 5.32 Å². The third-order valence-electron chi connectivity index (χ3n) is 3.60. The molecule has 24 heavy (non-hydrogen) atoms. The Morgan fingerprint density at radius 2 is 1.62 bits per heavy atom. The number of hydrogen-bond acceptors (Lipinski definition) is 4. The number of likely N-dealkylation sites (N-methyl/N-ethyl adjacent to an activating group) is 1. The van der Waals surface area contributed by atoms with Crippen molar-refractivity contribution in [2.24, 2.45) is 0 Å². The van der Waals surface area contributed by atoms with Gasteiger partial charge in [-0.25, -0.2) is 8.42 Å². The van der Waals surface area contributed by atoms with Crippen molar-refractivity contribution >= 4 is 15.7 Å². The largest absolute Gasteiger partial charge is 0.344 e. The molecule has 0 radical (unpaired) electrons. The molecule has 0 spiro atoms. The predicted molar refractivity (Wildman–Crippen MR) is 94.8 cm³/mol. The highest BCUT2D eigenvalue weighted by atomic mass is 32.2. The van der Waals surface area contributed by atoms with E-state index >= 15 is 0 Å². The van der Waals surface area contributed by atoms with E-state index in [1.807, 2.05) is 49.3 Å². The molecule has 5 nitrogen and oxygen atoms in total. The van der Waals surface area contributed by atoms with Crippen molar-refractivity contribution in [2.45, 2.75) is 10.9 Å². The standard InChI is InChI=1S/C18H22N2O3S/c1-20(2)13-17(14-7-5-4-6-8-14)19-18(21)15-9-11-16(12-10-15)24(3,22)23/h4-12,17H,13H2,1-3H3,(H,19,21)/t17-/m0/s1. The molecule has 0 aliphatic heterocycles. The van der Waals surface area contributed by atoms with Gasteiger partial charge in [0.25, 0.3) is 5.91 Å². The van der Waals surface area contributed by atoms with Gasteiger partial charge in [-0.3, -0.25) is 4.79 Å². The minimum absolute atomic E-state index is 0.150. The van der Waals surface area contributed by atoms with Crippen molar-refractivity contribution in [1.82, 2.24) is 10.2 Å². The highest BCUT2D eigenvalue weighted by Gasteiger charge is 2.17. The van der Waals surface area contributed by atoms with Crippen LogP contribution >= 0.6 is 0 Å². The molecule has 0 aliphatic rings. The summed E-state index contributed by atoms with van der Waals surface area (Å²) < 4.78 is 23.0. The van der Waals surface area contributed by atoms with Gasteiger partial charge in [-0.1, -0.05) is 30.3 Å². The maximum atomic E-state index is 12.5. The number of carbonyl (C=O) groups excluding carboxylic acids is 1. The fraction of sp³-hybridized carbons (Fsp3) is 0.278. The Bertz CT molecular complexity index is 785. The van der Waals surface area contributed by atoms with Gasteiger partial charge in [0.1, 0.15) is 0 Å². The van der Waals surface area contributed by atoms with Crippen molar-refractivity contribution in [3.05, 3.63) is 65.7 Å². The van der Waals surface area contributed by atoms with Crippen molar-refractivity contribution in [3.8, 4) is 0 Å². The number of amides is 1. The van der Waals surface area contributed by atoms with E-state index in [0.29, 0.717) is 12.1 Å². The second-order valence-corrected chi connectivity index (χ2v) is 8.01. The predicted octanol–water partition coefficient (Wildman–Crippen LogP) is 2.12. The van der Waals surface area contributed by atoms with Crippen molar-refractivity contribution < 1.29 is 13.2 Å². The highest BCUT2D eigenvalue weighted by molar-refractivity contribution is 7.90. The second kappa shape index (κ2) is 7.59. The van der Waals surface area contributed by atoms with Crippen LogP contribution in [0.3, 0.4) is 0 Å². The highest BCUT2D eigenvalue weighted by Crippen LogP contribution is 2.15. The molecule has 0 aliphatic carbocycles. The van der Waals surface area contributed by atoms with Crippen LogP contribution in [0, 0.1) is 0 Å². The first kappa shape index (κ1) is 18.2. The van der Waals surface area contributed by atoms with E-state index in [9.17, 15) is 13.2 Å². The first-order valence-electron chi connectivity index (χ1n) is 7.58. The minimum atomic E-state index is -3.27. The summed E-state index contributed by atoms with van der Waals surface area (Å²) in [6, 6.07) is 15.6. The number of rotatable bonds is 6. The molecule has 6 heteroatoms. The third-order valence-corrected chi connectivity index (χ3v) is 4.73. The quantitative estimate of drug-likeness (QED) is 0.870. The van der Waals surface area contributed by atoms with Gasteiger partial charge in [-0.05, 0) is 43.9 Å². The molecule has 1 N–H and O–H groups in total. The summed E-state index contributed by atoms with van der Waals surface area (Å²) in [7, 11) is 0.629. The summed E-state index contributed by atoms with van der Waals surface area (Å²) in [5.74, 6) is -0.231. The number of benzene rings is 2. The van der Waals surface area contributed by atoms with E-state index in [4.69, 9.17) is 0 Å². The molecule has 0 aromatic heterocycles. The van der Waals surface area contributed by atoms with Gasteiger partial charge in [0.2, 0.25) is 0 Å². The van der Waals surface area contributed by atoms with E-state index < -0.39 is 9.84 Å². The van der Waals surface area contributed by atoms with E-state index in [2.05, 4.69) is 5.32 Å². The van der Waals surface area contributed by atoms with Gasteiger partial charge in [-0.2, -0.15) is 0 Å². The Morgan fingerprint density at radius 3 is 2.12 bits per heavy atom. The Kier molecular flexibility index (Phi) is 5.75. The summed E-state index contributed by atoms with van der Waals surface area (Å²) in [5.41, 5.74) is 1.45. The molecule has 0 unspecified atom stereocenters. The fourth-order valence-corrected chi connectivity index (χ4v) is 3.01. The molecule has 0 bridgehead atoms. The van der Waals surface area contributed by atoms with E-state index in [0.717, 1.165) is 11.8 Å². The van der Waals surface area contributed by atoms with E-state index in [1.54, 1.807) is 0 Å². The molecule has 0 saturated carbocycles. The molecule has 0 fully saturated rings. The Balaban J connectivity index is 2.18. The normalized spacial score (nSPS) is 12.8. The van der Waals surface area contributed by atoms with Crippen molar-refractivity contribution in [1.29, 1.82) is 0 Å². The number of nitrogens with zero attached hydrogens (tertiary/aromatic N) is 1. The molecule has 2 aromatic carbocycles. The monoisotopic (exact) mass is 346 g/mol. The number of sulfone groups is 1. The number of hydrogen-bond donors (Lipinski definition) is 1. The van der Waals surface area contributed by atoms with Gasteiger partial charge in [0, 0.05) is 18.4 Å². The molecule has 2 rings (SSSR count). The van der Waals surface area contributed by atoms with E-state index in [-0.39, 0.29) is 16.8 Å². The van der Waals surface area contributed by atoms with Crippen LogP contribution in [-0.2, 0) is 9.84 Å². The van der Waals surface area contributed by atoms with Crippen LogP contribution in [0.5, 0.6) is 0 Å². The average Bonchev–Trinajstić information content (AvgIpc) is 2.54. The zero-order valence-corrected chi connectivity index (χ0v) is 14.9. The molecular formula is C18H22N2O3S. The van der Waals surface area contributed by atoms with Crippen LogP contribution in [0.25, 0.3) is 0 Å². The van der Waals surface area contributed by atoms with E-state index in [1.165, 1.54) is 24.3 Å². The third kappa shape index (κ3) is 4.91. The lowest BCUT2D eigenvalue weighted by molar-refractivity contribution is 0.0930. The zero-order valence-electron chi connectivity index (χ0n) is 14.1. The number of carbonyl (C=O) groups is 1. The molecular weight excluding hydrogens is 324 g/mol. The lowest BCUT2D eigenvalue weighted by Crippen LogP contribution is -2.35. The minimum Gasteiger partial charge on any atom is -0.344 e. The van der Waals surface area contributed by atoms with Crippen LogP contribution in [0.4, 0.5) is 0 Å². The molecule has 0 saturated heterocycles. The van der Waals surface area contributed by atoms with Crippen LogP contribution in [0.1, 0.15) is 22.0 Å².